The van der Waals surface area contributed by atoms with Gasteiger partial charge in [0.1, 0.15) is 8.24 Å². The molecule has 0 aromatic heterocycles. The lowest BCUT2D eigenvalue weighted by Crippen LogP contribution is -2.53. The molecular formula is C20H47NO3Si2. The minimum absolute atomic E-state index is 0.673. The first kappa shape index (κ1) is 26.3. The fraction of sp³-hybridized carbons (Fsp3) is 1.00. The van der Waals surface area contributed by atoms with Crippen molar-refractivity contribution in [2.45, 2.75) is 98.3 Å². The number of hydrogen-bond donors (Lipinski definition) is 0. The Morgan fingerprint density at radius 2 is 1.08 bits per heavy atom. The molecule has 0 saturated heterocycles. The Labute approximate surface area is 166 Å². The molecule has 4 nitrogen and oxygen atoms in total. The lowest BCUT2D eigenvalue weighted by atomic mass is 10.3. The van der Waals surface area contributed by atoms with E-state index in [1.807, 2.05) is 20.8 Å². The smallest absolute Gasteiger partial charge is 0.374 e. The van der Waals surface area contributed by atoms with E-state index < -0.39 is 17.0 Å². The van der Waals surface area contributed by atoms with Gasteiger partial charge in [-0.1, -0.05) is 34.1 Å². The van der Waals surface area contributed by atoms with Crippen molar-refractivity contribution in [1.29, 1.82) is 0 Å². The summed E-state index contributed by atoms with van der Waals surface area (Å²) in [5.74, 6) is 0. The second-order valence-corrected chi connectivity index (χ2v) is 15.0. The third kappa shape index (κ3) is 8.52. The van der Waals surface area contributed by atoms with Gasteiger partial charge >= 0.3 is 8.80 Å². The Bertz CT molecular complexity index is 303. The van der Waals surface area contributed by atoms with E-state index in [9.17, 15) is 0 Å². The van der Waals surface area contributed by atoms with E-state index in [1.165, 1.54) is 50.5 Å². The van der Waals surface area contributed by atoms with Crippen LogP contribution in [0.25, 0.3) is 0 Å². The molecule has 0 aliphatic heterocycles. The topological polar surface area (TPSA) is 30.9 Å². The van der Waals surface area contributed by atoms with Crippen LogP contribution in [0.15, 0.2) is 0 Å². The van der Waals surface area contributed by atoms with Crippen molar-refractivity contribution in [3.63, 3.8) is 0 Å². The zero-order valence-corrected chi connectivity index (χ0v) is 20.9. The van der Waals surface area contributed by atoms with Gasteiger partial charge < -0.3 is 17.8 Å². The molecule has 0 rings (SSSR count). The molecule has 0 fully saturated rings. The van der Waals surface area contributed by atoms with E-state index in [4.69, 9.17) is 13.3 Å². The molecular weight excluding hydrogens is 358 g/mol. The maximum absolute atomic E-state index is 6.00. The van der Waals surface area contributed by atoms with Crippen LogP contribution < -0.4 is 0 Å². The molecule has 0 spiro atoms. The van der Waals surface area contributed by atoms with Crippen molar-refractivity contribution < 1.29 is 13.3 Å². The molecule has 6 heteroatoms. The summed E-state index contributed by atoms with van der Waals surface area (Å²) in [6.45, 7) is 20.2. The average Bonchev–Trinajstić information content (AvgIpc) is 2.64. The fourth-order valence-electron chi connectivity index (χ4n) is 4.00. The second-order valence-electron chi connectivity index (χ2n) is 7.06. The summed E-state index contributed by atoms with van der Waals surface area (Å²) in [6, 6.07) is 5.07. The molecule has 158 valence electrons. The Kier molecular flexibility index (Phi) is 15.4. The van der Waals surface area contributed by atoms with Crippen LogP contribution in [0.5, 0.6) is 0 Å². The largest absolute Gasteiger partial charge is 0.500 e. The molecule has 0 aromatic rings. The summed E-state index contributed by atoms with van der Waals surface area (Å²) in [5.41, 5.74) is 0. The molecule has 26 heavy (non-hydrogen) atoms. The summed E-state index contributed by atoms with van der Waals surface area (Å²) >= 11 is 0. The quantitative estimate of drug-likeness (QED) is 0.209. The first-order valence-electron chi connectivity index (χ1n) is 11.2. The Hall–Kier alpha value is 0.274. The van der Waals surface area contributed by atoms with E-state index in [0.717, 1.165) is 12.5 Å². The Morgan fingerprint density at radius 1 is 0.615 bits per heavy atom. The van der Waals surface area contributed by atoms with E-state index in [1.54, 1.807) is 0 Å². The molecule has 0 amide bonds. The second kappa shape index (κ2) is 15.2. The standard InChI is InChI=1S/C20H47NO3Si2/c1-8-15-18-21(25(12-5,13-6)14-7)19-16-17-20-26(22-9-2,23-10-3)24-11-4/h8-20H2,1-7H3. The molecule has 0 bridgehead atoms. The number of hydrogen-bond acceptors (Lipinski definition) is 4. The molecule has 0 aliphatic carbocycles. The van der Waals surface area contributed by atoms with Gasteiger partial charge in [-0.25, -0.2) is 0 Å². The van der Waals surface area contributed by atoms with Crippen LogP contribution in [-0.4, -0.2) is 54.5 Å². The predicted molar refractivity (Wildman–Crippen MR) is 118 cm³/mol. The molecule has 0 unspecified atom stereocenters. The minimum Gasteiger partial charge on any atom is -0.374 e. The minimum atomic E-state index is -2.47. The lowest BCUT2D eigenvalue weighted by molar-refractivity contribution is 0.0706. The van der Waals surface area contributed by atoms with Crippen molar-refractivity contribution in [3.05, 3.63) is 0 Å². The highest BCUT2D eigenvalue weighted by Crippen LogP contribution is 2.27. The number of rotatable bonds is 18. The van der Waals surface area contributed by atoms with E-state index in [2.05, 4.69) is 32.3 Å². The predicted octanol–water partition coefficient (Wildman–Crippen LogP) is 5.92. The normalized spacial score (nSPS) is 12.9. The van der Waals surface area contributed by atoms with E-state index in [0.29, 0.717) is 19.8 Å². The van der Waals surface area contributed by atoms with Gasteiger partial charge in [-0.15, -0.1) is 0 Å². The fourth-order valence-corrected chi connectivity index (χ4v) is 10.8. The molecule has 0 aliphatic rings. The maximum atomic E-state index is 6.00. The molecule has 0 atom stereocenters. The van der Waals surface area contributed by atoms with Crippen molar-refractivity contribution in [2.24, 2.45) is 0 Å². The molecule has 0 N–H and O–H groups in total. The summed E-state index contributed by atoms with van der Waals surface area (Å²) in [6.07, 6.45) is 4.97. The van der Waals surface area contributed by atoms with Crippen LogP contribution in [0.1, 0.15) is 74.1 Å². The lowest BCUT2D eigenvalue weighted by Gasteiger charge is -2.41. The van der Waals surface area contributed by atoms with Crippen molar-refractivity contribution in [3.8, 4) is 0 Å². The summed E-state index contributed by atoms with van der Waals surface area (Å²) in [5, 5.41) is 0. The van der Waals surface area contributed by atoms with Crippen LogP contribution in [0.3, 0.4) is 0 Å². The molecule has 0 saturated carbocycles. The average molecular weight is 406 g/mol. The highest BCUT2D eigenvalue weighted by Gasteiger charge is 2.40. The third-order valence-corrected chi connectivity index (χ3v) is 14.6. The first-order chi connectivity index (χ1) is 12.5. The Balaban J connectivity index is 4.80. The van der Waals surface area contributed by atoms with Gasteiger partial charge in [-0.2, -0.15) is 0 Å². The first-order valence-corrected chi connectivity index (χ1v) is 15.7. The van der Waals surface area contributed by atoms with Gasteiger partial charge in [-0.05, 0) is 71.3 Å². The molecule has 0 radical (unpaired) electrons. The summed E-state index contributed by atoms with van der Waals surface area (Å²) in [7, 11) is -3.75. The molecule has 0 heterocycles. The Morgan fingerprint density at radius 3 is 1.46 bits per heavy atom. The van der Waals surface area contributed by atoms with Crippen LogP contribution >= 0.6 is 0 Å². The van der Waals surface area contributed by atoms with Gasteiger partial charge in [0.05, 0.1) is 0 Å². The zero-order valence-electron chi connectivity index (χ0n) is 18.9. The van der Waals surface area contributed by atoms with Crippen molar-refractivity contribution in [1.82, 2.24) is 4.57 Å². The van der Waals surface area contributed by atoms with E-state index >= 15 is 0 Å². The number of unbranched alkanes of at least 4 members (excludes halogenated alkanes) is 2. The number of nitrogens with zero attached hydrogens (tertiary/aromatic N) is 1. The highest BCUT2D eigenvalue weighted by atomic mass is 28.4. The van der Waals surface area contributed by atoms with Gasteiger partial charge in [0.15, 0.2) is 0 Å². The van der Waals surface area contributed by atoms with E-state index in [-0.39, 0.29) is 0 Å². The summed E-state index contributed by atoms with van der Waals surface area (Å²) in [4.78, 5) is 0. The monoisotopic (exact) mass is 405 g/mol. The molecule has 0 aromatic carbocycles. The van der Waals surface area contributed by atoms with Crippen LogP contribution in [-0.2, 0) is 13.3 Å². The SMILES string of the molecule is CCCCN(CCCC[Si](OCC)(OCC)OCC)[Si](CC)(CC)CC. The van der Waals surface area contributed by atoms with Gasteiger partial charge in [0, 0.05) is 25.9 Å². The van der Waals surface area contributed by atoms with Crippen LogP contribution in [0.2, 0.25) is 24.2 Å². The third-order valence-electron chi connectivity index (χ3n) is 5.68. The van der Waals surface area contributed by atoms with Crippen molar-refractivity contribution >= 4 is 17.0 Å². The maximum Gasteiger partial charge on any atom is 0.500 e. The van der Waals surface area contributed by atoms with Gasteiger partial charge in [-0.3, -0.25) is 0 Å². The van der Waals surface area contributed by atoms with Crippen LogP contribution in [0, 0.1) is 0 Å². The summed E-state index contributed by atoms with van der Waals surface area (Å²) < 4.78 is 20.9. The van der Waals surface area contributed by atoms with Gasteiger partial charge in [0.2, 0.25) is 0 Å². The highest BCUT2D eigenvalue weighted by molar-refractivity contribution is 6.77. The van der Waals surface area contributed by atoms with Crippen molar-refractivity contribution in [2.75, 3.05) is 32.9 Å². The van der Waals surface area contributed by atoms with Gasteiger partial charge in [0.25, 0.3) is 0 Å². The zero-order chi connectivity index (χ0) is 19.9. The van der Waals surface area contributed by atoms with Crippen LogP contribution in [0.4, 0.5) is 0 Å².